The highest BCUT2D eigenvalue weighted by Gasteiger charge is 2.38. The van der Waals surface area contributed by atoms with Crippen molar-refractivity contribution in [3.05, 3.63) is 38.9 Å². The van der Waals surface area contributed by atoms with E-state index < -0.39 is 29.3 Å². The van der Waals surface area contributed by atoms with Crippen LogP contribution in [0.15, 0.2) is 18.2 Å². The number of hydrogen-bond acceptors (Lipinski definition) is 3. The molecule has 94 valence electrons. The fourth-order valence-electron chi connectivity index (χ4n) is 1.16. The van der Waals surface area contributed by atoms with Crippen LogP contribution in [0, 0.1) is 10.1 Å². The summed E-state index contributed by atoms with van der Waals surface area (Å²) in [6.07, 6.45) is -7.94. The highest BCUT2D eigenvalue weighted by Crippen LogP contribution is 2.28. The standard InChI is InChI=1S/C9H7ClF3NO3/c10-6-3-5(1-2-7(6)14(16)17)4-8(15)9(11,12)13/h1-3,8,15H,4H2. The summed E-state index contributed by atoms with van der Waals surface area (Å²) < 4.78 is 36.2. The van der Waals surface area contributed by atoms with Gasteiger partial charge in [-0.3, -0.25) is 10.1 Å². The Morgan fingerprint density at radius 3 is 2.47 bits per heavy atom. The molecule has 0 spiro atoms. The van der Waals surface area contributed by atoms with E-state index in [1.54, 1.807) is 0 Å². The molecule has 0 aromatic heterocycles. The van der Waals surface area contributed by atoms with Crippen molar-refractivity contribution < 1.29 is 23.2 Å². The predicted molar refractivity (Wildman–Crippen MR) is 53.9 cm³/mol. The number of aliphatic hydroxyl groups is 1. The smallest absolute Gasteiger partial charge is 0.383 e. The average Bonchev–Trinajstić information content (AvgIpc) is 2.15. The van der Waals surface area contributed by atoms with E-state index in [1.807, 2.05) is 0 Å². The van der Waals surface area contributed by atoms with E-state index in [4.69, 9.17) is 16.7 Å². The van der Waals surface area contributed by atoms with Gasteiger partial charge in [0.15, 0.2) is 6.10 Å². The molecule has 0 saturated carbocycles. The zero-order chi connectivity index (χ0) is 13.2. The maximum atomic E-state index is 12.1. The lowest BCUT2D eigenvalue weighted by molar-refractivity contribution is -0.384. The van der Waals surface area contributed by atoms with Gasteiger partial charge in [0, 0.05) is 12.5 Å². The molecule has 1 aromatic rings. The van der Waals surface area contributed by atoms with Crippen molar-refractivity contribution in [1.29, 1.82) is 0 Å². The van der Waals surface area contributed by atoms with Gasteiger partial charge < -0.3 is 5.11 Å². The zero-order valence-corrected chi connectivity index (χ0v) is 9.00. The van der Waals surface area contributed by atoms with Crippen molar-refractivity contribution in [3.63, 3.8) is 0 Å². The second kappa shape index (κ2) is 4.89. The van der Waals surface area contributed by atoms with Crippen LogP contribution in [-0.2, 0) is 6.42 Å². The van der Waals surface area contributed by atoms with Crippen LogP contribution in [0.1, 0.15) is 5.56 Å². The highest BCUT2D eigenvalue weighted by molar-refractivity contribution is 6.32. The van der Waals surface area contributed by atoms with Crippen LogP contribution < -0.4 is 0 Å². The summed E-state index contributed by atoms with van der Waals surface area (Å²) in [5.41, 5.74) is -0.317. The normalized spacial score (nSPS) is 13.5. The molecule has 0 amide bonds. The van der Waals surface area contributed by atoms with Crippen LogP contribution in [0.4, 0.5) is 18.9 Å². The van der Waals surface area contributed by atoms with Gasteiger partial charge in [-0.2, -0.15) is 13.2 Å². The molecule has 0 radical (unpaired) electrons. The molecule has 1 aromatic carbocycles. The van der Waals surface area contributed by atoms with Gasteiger partial charge in [0.25, 0.3) is 5.69 Å². The van der Waals surface area contributed by atoms with Crippen molar-refractivity contribution in [2.24, 2.45) is 0 Å². The summed E-state index contributed by atoms with van der Waals surface area (Å²) in [5, 5.41) is 19.0. The number of benzene rings is 1. The Bertz CT molecular complexity index is 436. The van der Waals surface area contributed by atoms with Crippen molar-refractivity contribution >= 4 is 17.3 Å². The van der Waals surface area contributed by atoms with Gasteiger partial charge >= 0.3 is 6.18 Å². The Kier molecular flexibility index (Phi) is 3.94. The van der Waals surface area contributed by atoms with E-state index in [-0.39, 0.29) is 10.6 Å². The molecule has 1 N–H and O–H groups in total. The molecular formula is C9H7ClF3NO3. The molecule has 0 aliphatic rings. The van der Waals surface area contributed by atoms with Gasteiger partial charge in [-0.05, 0) is 11.6 Å². The second-order valence-electron chi connectivity index (χ2n) is 3.30. The Balaban J connectivity index is 2.88. The van der Waals surface area contributed by atoms with Crippen molar-refractivity contribution in [3.8, 4) is 0 Å². The number of halogens is 4. The van der Waals surface area contributed by atoms with Gasteiger partial charge in [-0.25, -0.2) is 0 Å². The molecule has 0 saturated heterocycles. The van der Waals surface area contributed by atoms with Crippen molar-refractivity contribution in [1.82, 2.24) is 0 Å². The maximum Gasteiger partial charge on any atom is 0.414 e. The molecule has 1 rings (SSSR count). The number of aliphatic hydroxyl groups excluding tert-OH is 1. The summed E-state index contributed by atoms with van der Waals surface area (Å²) in [6.45, 7) is 0. The zero-order valence-electron chi connectivity index (χ0n) is 8.24. The average molecular weight is 270 g/mol. The van der Waals surface area contributed by atoms with Gasteiger partial charge in [0.1, 0.15) is 5.02 Å². The minimum absolute atomic E-state index is 0.0745. The minimum Gasteiger partial charge on any atom is -0.383 e. The molecule has 0 aliphatic carbocycles. The molecule has 0 aliphatic heterocycles. The summed E-state index contributed by atoms with van der Waals surface area (Å²) in [4.78, 5) is 9.66. The SMILES string of the molecule is O=[N+]([O-])c1ccc(CC(O)C(F)(F)F)cc1Cl. The summed E-state index contributed by atoms with van der Waals surface area (Å²) in [5.74, 6) is 0. The van der Waals surface area contributed by atoms with Crippen LogP contribution in [0.5, 0.6) is 0 Å². The Labute approximate surface area is 98.8 Å². The van der Waals surface area contributed by atoms with Gasteiger partial charge in [-0.15, -0.1) is 0 Å². The summed E-state index contributed by atoms with van der Waals surface area (Å²) in [6, 6.07) is 3.16. The molecule has 8 heteroatoms. The number of rotatable bonds is 3. The Morgan fingerprint density at radius 1 is 1.47 bits per heavy atom. The molecule has 1 unspecified atom stereocenters. The van der Waals surface area contributed by atoms with Crippen LogP contribution in [0.3, 0.4) is 0 Å². The van der Waals surface area contributed by atoms with Crippen LogP contribution >= 0.6 is 11.6 Å². The number of nitro groups is 1. The molecular weight excluding hydrogens is 263 g/mol. The first-order chi connectivity index (χ1) is 7.71. The number of nitro benzene ring substituents is 1. The van der Waals surface area contributed by atoms with Crippen molar-refractivity contribution in [2.45, 2.75) is 18.7 Å². The third-order valence-corrected chi connectivity index (χ3v) is 2.32. The van der Waals surface area contributed by atoms with Crippen LogP contribution in [0.25, 0.3) is 0 Å². The molecule has 17 heavy (non-hydrogen) atoms. The fourth-order valence-corrected chi connectivity index (χ4v) is 1.44. The third-order valence-electron chi connectivity index (χ3n) is 2.02. The quantitative estimate of drug-likeness (QED) is 0.678. The van der Waals surface area contributed by atoms with Crippen LogP contribution in [-0.4, -0.2) is 22.3 Å². The van der Waals surface area contributed by atoms with E-state index >= 15 is 0 Å². The second-order valence-corrected chi connectivity index (χ2v) is 3.71. The topological polar surface area (TPSA) is 63.4 Å². The number of alkyl halides is 3. The third kappa shape index (κ3) is 3.57. The van der Waals surface area contributed by atoms with E-state index in [9.17, 15) is 23.3 Å². The highest BCUT2D eigenvalue weighted by atomic mass is 35.5. The monoisotopic (exact) mass is 269 g/mol. The van der Waals surface area contributed by atoms with E-state index in [2.05, 4.69) is 0 Å². The molecule has 1 atom stereocenters. The summed E-state index contributed by atoms with van der Waals surface area (Å²) >= 11 is 5.52. The first-order valence-electron chi connectivity index (χ1n) is 4.39. The Morgan fingerprint density at radius 2 is 2.06 bits per heavy atom. The molecule has 4 nitrogen and oxygen atoms in total. The van der Waals surface area contributed by atoms with E-state index in [1.165, 1.54) is 0 Å². The number of hydrogen-bond donors (Lipinski definition) is 1. The molecule has 0 heterocycles. The largest absolute Gasteiger partial charge is 0.414 e. The van der Waals surface area contributed by atoms with Gasteiger partial charge in [0.05, 0.1) is 4.92 Å². The van der Waals surface area contributed by atoms with Crippen LogP contribution in [0.2, 0.25) is 5.02 Å². The van der Waals surface area contributed by atoms with E-state index in [0.29, 0.717) is 0 Å². The maximum absolute atomic E-state index is 12.1. The number of nitrogens with zero attached hydrogens (tertiary/aromatic N) is 1. The van der Waals surface area contributed by atoms with Gasteiger partial charge in [-0.1, -0.05) is 17.7 Å². The Hall–Kier alpha value is -1.34. The first kappa shape index (κ1) is 13.7. The molecule has 0 bridgehead atoms. The minimum atomic E-state index is -4.73. The molecule has 0 fully saturated rings. The first-order valence-corrected chi connectivity index (χ1v) is 4.77. The fraction of sp³-hybridized carbons (Fsp3) is 0.333. The predicted octanol–water partition coefficient (Wildman–Crippen LogP) is 2.71. The lowest BCUT2D eigenvalue weighted by Gasteiger charge is -2.14. The lowest BCUT2D eigenvalue weighted by atomic mass is 10.1. The summed E-state index contributed by atoms with van der Waals surface area (Å²) in [7, 11) is 0. The van der Waals surface area contributed by atoms with Crippen molar-refractivity contribution in [2.75, 3.05) is 0 Å². The lowest BCUT2D eigenvalue weighted by Crippen LogP contribution is -2.30. The van der Waals surface area contributed by atoms with Gasteiger partial charge in [0.2, 0.25) is 0 Å². The van der Waals surface area contributed by atoms with E-state index in [0.717, 1.165) is 18.2 Å².